The van der Waals surface area contributed by atoms with E-state index in [9.17, 15) is 5.11 Å². The van der Waals surface area contributed by atoms with Gasteiger partial charge in [-0.1, -0.05) is 13.0 Å². The lowest BCUT2D eigenvalue weighted by atomic mass is 9.88. The number of aliphatic imine (C=N–C) groups is 1. The predicted octanol–water partition coefficient (Wildman–Crippen LogP) is 2.16. The largest absolute Gasteiger partial charge is 0.508 e. The molecule has 0 amide bonds. The summed E-state index contributed by atoms with van der Waals surface area (Å²) in [4.78, 5) is 6.97. The molecule has 1 atom stereocenters. The summed E-state index contributed by atoms with van der Waals surface area (Å²) in [5.74, 6) is 0.825. The van der Waals surface area contributed by atoms with E-state index in [0.717, 1.165) is 31.5 Å². The summed E-state index contributed by atoms with van der Waals surface area (Å²) in [6.07, 6.45) is 7.06. The number of benzene rings is 1. The first-order chi connectivity index (χ1) is 11.7. The molecule has 4 N–H and O–H groups in total. The molecule has 5 heteroatoms. The Bertz CT molecular complexity index is 599. The molecule has 1 unspecified atom stereocenters. The summed E-state index contributed by atoms with van der Waals surface area (Å²) < 4.78 is 0. The quantitative estimate of drug-likeness (QED) is 0.571. The van der Waals surface area contributed by atoms with Gasteiger partial charge in [0.05, 0.1) is 6.54 Å². The number of guanidine groups is 1. The number of hydrogen-bond donors (Lipinski definition) is 3. The van der Waals surface area contributed by atoms with E-state index >= 15 is 0 Å². The highest BCUT2D eigenvalue weighted by Gasteiger charge is 2.22. The molecule has 1 aromatic carbocycles. The first-order valence-corrected chi connectivity index (χ1v) is 9.29. The zero-order valence-electron chi connectivity index (χ0n) is 14.7. The standard InChI is InChI=1S/C19H30N4O/c1-2-23-11-5-7-15(23)12-21-19(20)22-13-17-16-8-4-3-6-14(16)9-10-18(17)24/h9-10,15,24H,2-8,11-13H2,1H3,(H3,20,21,22). The van der Waals surface area contributed by atoms with Crippen LogP contribution in [0.15, 0.2) is 17.1 Å². The van der Waals surface area contributed by atoms with Gasteiger partial charge in [-0.15, -0.1) is 0 Å². The van der Waals surface area contributed by atoms with Crippen LogP contribution >= 0.6 is 0 Å². The molecule has 0 bridgehead atoms. The molecule has 5 nitrogen and oxygen atoms in total. The third-order valence-electron chi connectivity index (χ3n) is 5.46. The van der Waals surface area contributed by atoms with Crippen molar-refractivity contribution in [3.05, 3.63) is 28.8 Å². The van der Waals surface area contributed by atoms with Gasteiger partial charge in [-0.05, 0) is 68.8 Å². The maximum absolute atomic E-state index is 10.2. The van der Waals surface area contributed by atoms with E-state index in [1.807, 2.05) is 0 Å². The van der Waals surface area contributed by atoms with Crippen LogP contribution in [-0.2, 0) is 19.4 Å². The molecule has 1 fully saturated rings. The van der Waals surface area contributed by atoms with E-state index in [1.165, 1.54) is 43.4 Å². The van der Waals surface area contributed by atoms with Crippen LogP contribution in [0, 0.1) is 0 Å². The highest BCUT2D eigenvalue weighted by atomic mass is 16.3. The van der Waals surface area contributed by atoms with Crippen molar-refractivity contribution in [1.82, 2.24) is 10.2 Å². The summed E-state index contributed by atoms with van der Waals surface area (Å²) in [7, 11) is 0. The SMILES string of the molecule is CCN1CCCC1CNC(N)=NCc1c(O)ccc2c1CCCC2. The number of rotatable bonds is 5. The van der Waals surface area contributed by atoms with Gasteiger partial charge in [0, 0.05) is 18.2 Å². The molecule has 0 saturated carbocycles. The number of aromatic hydroxyl groups is 1. The maximum atomic E-state index is 10.2. The van der Waals surface area contributed by atoms with Crippen molar-refractivity contribution >= 4 is 5.96 Å². The van der Waals surface area contributed by atoms with Gasteiger partial charge in [-0.3, -0.25) is 4.90 Å². The molecular weight excluding hydrogens is 300 g/mol. The number of nitrogens with two attached hydrogens (primary N) is 1. The Morgan fingerprint density at radius 3 is 3.00 bits per heavy atom. The zero-order valence-corrected chi connectivity index (χ0v) is 14.7. The second-order valence-corrected chi connectivity index (χ2v) is 6.92. The van der Waals surface area contributed by atoms with Crippen molar-refractivity contribution in [2.24, 2.45) is 10.7 Å². The Hall–Kier alpha value is -1.75. The minimum atomic E-state index is 0.347. The average Bonchev–Trinajstić information content (AvgIpc) is 3.06. The van der Waals surface area contributed by atoms with Crippen molar-refractivity contribution in [3.8, 4) is 5.75 Å². The summed E-state index contributed by atoms with van der Waals surface area (Å²) in [6, 6.07) is 4.41. The maximum Gasteiger partial charge on any atom is 0.188 e. The number of fused-ring (bicyclic) bond motifs is 1. The van der Waals surface area contributed by atoms with Gasteiger partial charge in [0.1, 0.15) is 5.75 Å². The second kappa shape index (κ2) is 7.88. The molecule has 24 heavy (non-hydrogen) atoms. The van der Waals surface area contributed by atoms with Gasteiger partial charge in [-0.2, -0.15) is 0 Å². The monoisotopic (exact) mass is 330 g/mol. The Morgan fingerprint density at radius 1 is 1.33 bits per heavy atom. The van der Waals surface area contributed by atoms with E-state index in [-0.39, 0.29) is 0 Å². The van der Waals surface area contributed by atoms with E-state index in [2.05, 4.69) is 28.2 Å². The van der Waals surface area contributed by atoms with Gasteiger partial charge in [-0.25, -0.2) is 4.99 Å². The van der Waals surface area contributed by atoms with Gasteiger partial charge in [0.25, 0.3) is 0 Å². The lowest BCUT2D eigenvalue weighted by molar-refractivity contribution is 0.267. The van der Waals surface area contributed by atoms with Crippen LogP contribution in [0.3, 0.4) is 0 Å². The smallest absolute Gasteiger partial charge is 0.188 e. The number of phenols is 1. The van der Waals surface area contributed by atoms with Crippen LogP contribution in [0.4, 0.5) is 0 Å². The van der Waals surface area contributed by atoms with Crippen LogP contribution in [-0.4, -0.2) is 41.6 Å². The molecule has 0 aromatic heterocycles. The first-order valence-electron chi connectivity index (χ1n) is 9.29. The molecule has 132 valence electrons. The zero-order chi connectivity index (χ0) is 16.9. The van der Waals surface area contributed by atoms with Crippen LogP contribution in [0.2, 0.25) is 0 Å². The van der Waals surface area contributed by atoms with Crippen molar-refractivity contribution in [2.75, 3.05) is 19.6 Å². The molecule has 2 aliphatic rings. The lowest BCUT2D eigenvalue weighted by Crippen LogP contribution is -2.42. The molecular formula is C19H30N4O. The van der Waals surface area contributed by atoms with Gasteiger partial charge in [0.2, 0.25) is 0 Å². The number of aryl methyl sites for hydroxylation is 1. The predicted molar refractivity (Wildman–Crippen MR) is 98.3 cm³/mol. The Balaban J connectivity index is 1.61. The fraction of sp³-hybridized carbons (Fsp3) is 0.632. The van der Waals surface area contributed by atoms with Crippen molar-refractivity contribution in [3.63, 3.8) is 0 Å². The number of hydrogen-bond acceptors (Lipinski definition) is 3. The summed E-state index contributed by atoms with van der Waals surface area (Å²) in [5, 5.41) is 13.5. The summed E-state index contributed by atoms with van der Waals surface area (Å²) in [5.41, 5.74) is 9.65. The first kappa shape index (κ1) is 17.1. The number of nitrogens with zero attached hydrogens (tertiary/aromatic N) is 2. The molecule has 0 radical (unpaired) electrons. The molecule has 1 saturated heterocycles. The van der Waals surface area contributed by atoms with Crippen LogP contribution in [0.25, 0.3) is 0 Å². The molecule has 1 aliphatic heterocycles. The van der Waals surface area contributed by atoms with E-state index in [0.29, 0.717) is 24.3 Å². The Morgan fingerprint density at radius 2 is 2.17 bits per heavy atom. The molecule has 1 heterocycles. The van der Waals surface area contributed by atoms with Crippen molar-refractivity contribution in [1.29, 1.82) is 0 Å². The number of likely N-dealkylation sites (N-methyl/N-ethyl adjacent to an activating group) is 1. The van der Waals surface area contributed by atoms with Crippen LogP contribution in [0.5, 0.6) is 5.75 Å². The van der Waals surface area contributed by atoms with Gasteiger partial charge >= 0.3 is 0 Å². The normalized spacial score (nSPS) is 21.7. The number of nitrogens with one attached hydrogen (secondary N) is 1. The summed E-state index contributed by atoms with van der Waals surface area (Å²) in [6.45, 7) is 5.78. The van der Waals surface area contributed by atoms with E-state index < -0.39 is 0 Å². The molecule has 0 spiro atoms. The van der Waals surface area contributed by atoms with E-state index in [4.69, 9.17) is 5.73 Å². The van der Waals surface area contributed by atoms with Gasteiger partial charge < -0.3 is 16.2 Å². The molecule has 3 rings (SSSR count). The lowest BCUT2D eigenvalue weighted by Gasteiger charge is -2.23. The molecule has 1 aliphatic carbocycles. The van der Waals surface area contributed by atoms with Crippen LogP contribution < -0.4 is 11.1 Å². The molecule has 1 aromatic rings. The summed E-state index contributed by atoms with van der Waals surface area (Å²) >= 11 is 0. The van der Waals surface area contributed by atoms with Crippen molar-refractivity contribution in [2.45, 2.75) is 58.0 Å². The fourth-order valence-corrected chi connectivity index (χ4v) is 4.05. The highest BCUT2D eigenvalue weighted by Crippen LogP contribution is 2.31. The average molecular weight is 330 g/mol. The third kappa shape index (κ3) is 3.83. The fourth-order valence-electron chi connectivity index (χ4n) is 4.05. The Kier molecular flexibility index (Phi) is 5.61. The van der Waals surface area contributed by atoms with E-state index in [1.54, 1.807) is 6.07 Å². The third-order valence-corrected chi connectivity index (χ3v) is 5.46. The van der Waals surface area contributed by atoms with Crippen molar-refractivity contribution < 1.29 is 5.11 Å². The topological polar surface area (TPSA) is 73.9 Å². The second-order valence-electron chi connectivity index (χ2n) is 6.92. The van der Waals surface area contributed by atoms with Gasteiger partial charge in [0.15, 0.2) is 5.96 Å². The minimum absolute atomic E-state index is 0.347. The van der Waals surface area contributed by atoms with Crippen LogP contribution in [0.1, 0.15) is 49.3 Å². The Labute approximate surface area is 145 Å². The number of phenolic OH excluding ortho intramolecular Hbond substituents is 1. The number of likely N-dealkylation sites (tertiary alicyclic amines) is 1. The minimum Gasteiger partial charge on any atom is -0.508 e. The highest BCUT2D eigenvalue weighted by molar-refractivity contribution is 5.77.